The van der Waals surface area contributed by atoms with Crippen LogP contribution in [0.15, 0.2) is 0 Å². The summed E-state index contributed by atoms with van der Waals surface area (Å²) in [6.07, 6.45) is 53.0. The van der Waals surface area contributed by atoms with Gasteiger partial charge in [0.15, 0.2) is 0 Å². The van der Waals surface area contributed by atoms with Crippen LogP contribution in [-0.4, -0.2) is 68.5 Å². The molecule has 8 nitrogen and oxygen atoms in total. The Balaban J connectivity index is 3.88. The highest BCUT2D eigenvalue weighted by atomic mass is 31.2. The summed E-state index contributed by atoms with van der Waals surface area (Å²) in [6, 6.07) is -0.792. The summed E-state index contributed by atoms with van der Waals surface area (Å²) in [5.41, 5.74) is 0. The highest BCUT2D eigenvalue weighted by Gasteiger charge is 2.24. The maximum Gasteiger partial charge on any atom is 0.268 e. The summed E-state index contributed by atoms with van der Waals surface area (Å²) in [5.74, 6) is -0.160. The lowest BCUT2D eigenvalue weighted by Crippen LogP contribution is -2.46. The van der Waals surface area contributed by atoms with E-state index in [0.29, 0.717) is 23.9 Å². The molecule has 0 aliphatic carbocycles. The quantitative estimate of drug-likeness (QED) is 0.0358. The van der Waals surface area contributed by atoms with Crippen LogP contribution in [0.4, 0.5) is 0 Å². The molecule has 2 N–H and O–H groups in total. The zero-order valence-corrected chi connectivity index (χ0v) is 43.3. The molecule has 1 unspecified atom stereocenters. The lowest BCUT2D eigenvalue weighted by molar-refractivity contribution is -0.870. The molecule has 0 saturated heterocycles. The average Bonchev–Trinajstić information content (AvgIpc) is 3.23. The lowest BCUT2D eigenvalue weighted by Gasteiger charge is -2.30. The Hall–Kier alpha value is -0.500. The Morgan fingerprint density at radius 2 is 0.790 bits per heavy atom. The molecule has 0 aromatic heterocycles. The van der Waals surface area contributed by atoms with Gasteiger partial charge in [0.25, 0.3) is 7.82 Å². The van der Waals surface area contributed by atoms with E-state index in [0.717, 1.165) is 38.5 Å². The van der Waals surface area contributed by atoms with Crippen molar-refractivity contribution in [1.29, 1.82) is 0 Å². The SMILES string of the molecule is CCCCCCCCCCCCCCCCCCCCCCCCCCCCCCCCCC(=O)N[C@@H](COP(=O)([O-])OCC[N+](C)(C)C)[C@H](O)CCCCCCCCCCC. The van der Waals surface area contributed by atoms with E-state index in [4.69, 9.17) is 9.05 Å². The molecule has 0 radical (unpaired) electrons. The number of phosphoric ester groups is 1. The van der Waals surface area contributed by atoms with Crippen molar-refractivity contribution in [2.24, 2.45) is 0 Å². The van der Waals surface area contributed by atoms with Gasteiger partial charge in [-0.25, -0.2) is 0 Å². The fourth-order valence-electron chi connectivity index (χ4n) is 8.51. The van der Waals surface area contributed by atoms with E-state index in [9.17, 15) is 19.4 Å². The third-order valence-corrected chi connectivity index (χ3v) is 13.8. The summed E-state index contributed by atoms with van der Waals surface area (Å²) in [6.45, 7) is 4.73. The summed E-state index contributed by atoms with van der Waals surface area (Å²) >= 11 is 0. The van der Waals surface area contributed by atoms with Crippen molar-refractivity contribution in [2.45, 2.75) is 296 Å². The van der Waals surface area contributed by atoms with E-state index >= 15 is 0 Å². The fraction of sp³-hybridized carbons (Fsp3) is 0.981. The van der Waals surface area contributed by atoms with E-state index < -0.39 is 20.0 Å². The molecule has 0 heterocycles. The number of phosphoric acid groups is 1. The topological polar surface area (TPSA) is 108 Å². The number of hydrogen-bond donors (Lipinski definition) is 2. The van der Waals surface area contributed by atoms with Crippen LogP contribution in [0.25, 0.3) is 0 Å². The summed E-state index contributed by atoms with van der Waals surface area (Å²) in [5, 5.41) is 13.9. The van der Waals surface area contributed by atoms with Gasteiger partial charge in [0.1, 0.15) is 13.2 Å². The minimum absolute atomic E-state index is 0.0159. The highest BCUT2D eigenvalue weighted by molar-refractivity contribution is 7.45. The number of hydrogen-bond acceptors (Lipinski definition) is 6. The van der Waals surface area contributed by atoms with Crippen LogP contribution in [-0.2, 0) is 18.4 Å². The van der Waals surface area contributed by atoms with Gasteiger partial charge in [-0.3, -0.25) is 9.36 Å². The Morgan fingerprint density at radius 1 is 0.500 bits per heavy atom. The molecule has 0 spiro atoms. The molecule has 0 saturated carbocycles. The van der Waals surface area contributed by atoms with Crippen LogP contribution < -0.4 is 10.2 Å². The second kappa shape index (κ2) is 45.6. The zero-order valence-electron chi connectivity index (χ0n) is 42.4. The first-order chi connectivity index (χ1) is 30.0. The van der Waals surface area contributed by atoms with Gasteiger partial charge >= 0.3 is 0 Å². The van der Waals surface area contributed by atoms with E-state index in [1.54, 1.807) is 0 Å². The van der Waals surface area contributed by atoms with E-state index in [1.165, 1.54) is 218 Å². The molecule has 0 aromatic carbocycles. The first-order valence-corrected chi connectivity index (χ1v) is 28.8. The van der Waals surface area contributed by atoms with Crippen molar-refractivity contribution in [3.05, 3.63) is 0 Å². The van der Waals surface area contributed by atoms with Gasteiger partial charge in [-0.2, -0.15) is 0 Å². The first-order valence-electron chi connectivity index (χ1n) is 27.4. The number of carbonyl (C=O) groups excluding carboxylic acids is 1. The van der Waals surface area contributed by atoms with Crippen LogP contribution in [0.5, 0.6) is 0 Å². The Kier molecular flexibility index (Phi) is 45.3. The normalized spacial score (nSPS) is 14.0. The Morgan fingerprint density at radius 3 is 1.10 bits per heavy atom. The molecule has 0 aliphatic rings. The van der Waals surface area contributed by atoms with Crippen LogP contribution in [0.3, 0.4) is 0 Å². The summed E-state index contributed by atoms with van der Waals surface area (Å²) in [4.78, 5) is 25.3. The maximum atomic E-state index is 12.9. The summed E-state index contributed by atoms with van der Waals surface area (Å²) in [7, 11) is 1.32. The average molecular weight is 901 g/mol. The van der Waals surface area contributed by atoms with Gasteiger partial charge < -0.3 is 28.8 Å². The van der Waals surface area contributed by atoms with Crippen molar-refractivity contribution in [1.82, 2.24) is 5.32 Å². The van der Waals surface area contributed by atoms with Crippen LogP contribution in [0, 0.1) is 0 Å². The van der Waals surface area contributed by atoms with E-state index in [-0.39, 0.29) is 19.1 Å². The molecular formula is C53H109N2O6P. The minimum atomic E-state index is -4.56. The molecule has 3 atom stereocenters. The molecule has 0 bridgehead atoms. The standard InChI is InChI=1S/C53H109N2O6P/c1-6-8-10-12-14-16-17-18-19-20-21-22-23-24-25-26-27-28-29-30-31-32-33-34-35-36-37-39-41-43-45-47-53(57)54-51(50-61-62(58,59)60-49-48-55(3,4)5)52(56)46-44-42-40-38-15-13-11-9-7-2/h51-52,56H,6-50H2,1-5H3,(H-,54,57,58,59)/t51-,52+/m0/s1. The fourth-order valence-corrected chi connectivity index (χ4v) is 9.24. The van der Waals surface area contributed by atoms with Crippen LogP contribution in [0.1, 0.15) is 284 Å². The number of aliphatic hydroxyl groups excluding tert-OH is 1. The zero-order chi connectivity index (χ0) is 45.7. The molecule has 0 rings (SSSR count). The second-order valence-electron chi connectivity index (χ2n) is 20.3. The van der Waals surface area contributed by atoms with E-state index in [2.05, 4.69) is 19.2 Å². The number of carbonyl (C=O) groups is 1. The molecule has 9 heteroatoms. The number of unbranched alkanes of at least 4 members (excludes halogenated alkanes) is 38. The first kappa shape index (κ1) is 61.5. The number of nitrogens with one attached hydrogen (secondary N) is 1. The van der Waals surface area contributed by atoms with Gasteiger partial charge in [0.2, 0.25) is 5.91 Å². The van der Waals surface area contributed by atoms with Crippen molar-refractivity contribution in [3.63, 3.8) is 0 Å². The molecule has 0 fully saturated rings. The Bertz CT molecular complexity index is 978. The molecule has 372 valence electrons. The summed E-state index contributed by atoms with van der Waals surface area (Å²) < 4.78 is 23.3. The van der Waals surface area contributed by atoms with Gasteiger partial charge in [-0.05, 0) is 12.8 Å². The second-order valence-corrected chi connectivity index (χ2v) is 21.7. The molecule has 1 amide bonds. The van der Waals surface area contributed by atoms with Crippen molar-refractivity contribution >= 4 is 13.7 Å². The molecule has 62 heavy (non-hydrogen) atoms. The van der Waals surface area contributed by atoms with Gasteiger partial charge in [-0.15, -0.1) is 0 Å². The Labute approximate surface area is 387 Å². The van der Waals surface area contributed by atoms with Gasteiger partial charge in [0.05, 0.1) is 39.9 Å². The van der Waals surface area contributed by atoms with Gasteiger partial charge in [-0.1, -0.05) is 264 Å². The van der Waals surface area contributed by atoms with Crippen molar-refractivity contribution in [3.8, 4) is 0 Å². The monoisotopic (exact) mass is 901 g/mol. The van der Waals surface area contributed by atoms with Crippen molar-refractivity contribution < 1.29 is 32.9 Å². The number of amides is 1. The lowest BCUT2D eigenvalue weighted by atomic mass is 10.0. The van der Waals surface area contributed by atoms with Gasteiger partial charge in [0, 0.05) is 6.42 Å². The number of aliphatic hydroxyl groups is 1. The number of quaternary nitrogens is 1. The maximum absolute atomic E-state index is 12.9. The highest BCUT2D eigenvalue weighted by Crippen LogP contribution is 2.38. The van der Waals surface area contributed by atoms with Crippen LogP contribution in [0.2, 0.25) is 0 Å². The number of rotatable bonds is 51. The largest absolute Gasteiger partial charge is 0.756 e. The molecular weight excluding hydrogens is 792 g/mol. The number of likely N-dealkylation sites (N-methyl/N-ethyl adjacent to an activating group) is 1. The minimum Gasteiger partial charge on any atom is -0.756 e. The molecule has 0 aromatic rings. The van der Waals surface area contributed by atoms with E-state index in [1.807, 2.05) is 21.1 Å². The van der Waals surface area contributed by atoms with Crippen LogP contribution >= 0.6 is 7.82 Å². The predicted octanol–water partition coefficient (Wildman–Crippen LogP) is 15.5. The van der Waals surface area contributed by atoms with Crippen molar-refractivity contribution in [2.75, 3.05) is 40.9 Å². The third-order valence-electron chi connectivity index (χ3n) is 12.8. The number of nitrogens with zero attached hydrogens (tertiary/aromatic N) is 1. The smallest absolute Gasteiger partial charge is 0.268 e. The predicted molar refractivity (Wildman–Crippen MR) is 266 cm³/mol. The third kappa shape index (κ3) is 47.5. The molecule has 0 aliphatic heterocycles.